The van der Waals surface area contributed by atoms with Crippen LogP contribution in [0.25, 0.3) is 0 Å². The van der Waals surface area contributed by atoms with Crippen molar-refractivity contribution in [1.29, 1.82) is 0 Å². The van der Waals surface area contributed by atoms with Gasteiger partial charge in [0.15, 0.2) is 0 Å². The lowest BCUT2D eigenvalue weighted by molar-refractivity contribution is -0.155. The van der Waals surface area contributed by atoms with Crippen molar-refractivity contribution in [1.82, 2.24) is 4.90 Å². The molecule has 2 aliphatic heterocycles. The Bertz CT molecular complexity index is 444. The molecule has 110 valence electrons. The van der Waals surface area contributed by atoms with E-state index in [1.807, 2.05) is 0 Å². The van der Waals surface area contributed by atoms with Gasteiger partial charge in [-0.1, -0.05) is 31.0 Å². The summed E-state index contributed by atoms with van der Waals surface area (Å²) in [7, 11) is 1.35. The Morgan fingerprint density at radius 1 is 1.40 bits per heavy atom. The van der Waals surface area contributed by atoms with Gasteiger partial charge in [0.1, 0.15) is 11.8 Å². The van der Waals surface area contributed by atoms with Crippen molar-refractivity contribution in [2.24, 2.45) is 5.92 Å². The van der Waals surface area contributed by atoms with Gasteiger partial charge in [-0.3, -0.25) is 9.69 Å². The standard InChI is InChI=1S/C14H19NO4S/c1-18-13(17)10-8-20-14-15(10)12(16)7-11(19-14)9-5-3-2-4-6-9/h7,9-10,14H,2-6,8H2,1H3/t10-,14+/m0/s1. The Hall–Kier alpha value is -1.17. The van der Waals surface area contributed by atoms with Gasteiger partial charge < -0.3 is 9.47 Å². The fourth-order valence-corrected chi connectivity index (χ4v) is 4.33. The third kappa shape index (κ3) is 2.41. The van der Waals surface area contributed by atoms with Crippen molar-refractivity contribution < 1.29 is 19.1 Å². The number of hydrogen-bond donors (Lipinski definition) is 0. The molecule has 0 radical (unpaired) electrons. The van der Waals surface area contributed by atoms with Crippen molar-refractivity contribution >= 4 is 23.6 Å². The molecule has 3 rings (SSSR count). The fourth-order valence-electron chi connectivity index (χ4n) is 3.09. The van der Waals surface area contributed by atoms with Crippen molar-refractivity contribution in [2.75, 3.05) is 12.9 Å². The van der Waals surface area contributed by atoms with E-state index in [2.05, 4.69) is 0 Å². The molecule has 0 unspecified atom stereocenters. The largest absolute Gasteiger partial charge is 0.467 e. The zero-order valence-electron chi connectivity index (χ0n) is 11.5. The van der Waals surface area contributed by atoms with Gasteiger partial charge >= 0.3 is 5.97 Å². The predicted octanol–water partition coefficient (Wildman–Crippen LogP) is 1.88. The molecule has 6 heteroatoms. The summed E-state index contributed by atoms with van der Waals surface area (Å²) in [5, 5.41) is 0. The van der Waals surface area contributed by atoms with E-state index in [-0.39, 0.29) is 17.4 Å². The van der Waals surface area contributed by atoms with Crippen LogP contribution in [0.5, 0.6) is 0 Å². The highest BCUT2D eigenvalue weighted by Gasteiger charge is 2.46. The molecule has 2 heterocycles. The molecule has 1 saturated carbocycles. The van der Waals surface area contributed by atoms with Gasteiger partial charge in [0, 0.05) is 17.7 Å². The van der Waals surface area contributed by atoms with Crippen molar-refractivity contribution in [3.05, 3.63) is 11.8 Å². The van der Waals surface area contributed by atoms with Crippen LogP contribution in [-0.4, -0.2) is 41.2 Å². The summed E-state index contributed by atoms with van der Waals surface area (Å²) >= 11 is 1.49. The summed E-state index contributed by atoms with van der Waals surface area (Å²) in [6.07, 6.45) is 7.44. The monoisotopic (exact) mass is 297 g/mol. The van der Waals surface area contributed by atoms with Crippen LogP contribution in [0.3, 0.4) is 0 Å². The molecular weight excluding hydrogens is 278 g/mol. The number of amides is 1. The summed E-state index contributed by atoms with van der Waals surface area (Å²) in [5.41, 5.74) is -0.367. The van der Waals surface area contributed by atoms with Crippen LogP contribution in [0.4, 0.5) is 0 Å². The minimum atomic E-state index is -0.522. The van der Waals surface area contributed by atoms with Gasteiger partial charge in [-0.15, -0.1) is 0 Å². The van der Waals surface area contributed by atoms with E-state index in [9.17, 15) is 9.59 Å². The molecule has 2 atom stereocenters. The van der Waals surface area contributed by atoms with Crippen LogP contribution >= 0.6 is 11.8 Å². The Labute approximate surface area is 122 Å². The van der Waals surface area contributed by atoms with Gasteiger partial charge in [-0.05, 0) is 12.8 Å². The number of hydrogen-bond acceptors (Lipinski definition) is 5. The van der Waals surface area contributed by atoms with Crippen molar-refractivity contribution in [2.45, 2.75) is 43.7 Å². The molecule has 1 aliphatic carbocycles. The van der Waals surface area contributed by atoms with E-state index in [0.717, 1.165) is 18.6 Å². The highest BCUT2D eigenvalue weighted by atomic mass is 32.2. The Kier molecular flexibility index (Phi) is 3.92. The van der Waals surface area contributed by atoms with E-state index in [0.29, 0.717) is 11.7 Å². The average Bonchev–Trinajstić information content (AvgIpc) is 2.92. The number of allylic oxidation sites excluding steroid dienone is 1. The summed E-state index contributed by atoms with van der Waals surface area (Å²) in [4.78, 5) is 25.5. The van der Waals surface area contributed by atoms with Crippen LogP contribution in [0.15, 0.2) is 11.8 Å². The lowest BCUT2D eigenvalue weighted by atomic mass is 9.87. The number of thioether (sulfide) groups is 1. The maximum atomic E-state index is 12.3. The van der Waals surface area contributed by atoms with Gasteiger partial charge in [0.2, 0.25) is 5.56 Å². The zero-order valence-corrected chi connectivity index (χ0v) is 12.4. The van der Waals surface area contributed by atoms with Gasteiger partial charge in [0.25, 0.3) is 5.91 Å². The average molecular weight is 297 g/mol. The quantitative estimate of drug-likeness (QED) is 0.728. The fraction of sp³-hybridized carbons (Fsp3) is 0.714. The Balaban J connectivity index is 1.76. The third-order valence-electron chi connectivity index (χ3n) is 4.20. The summed E-state index contributed by atoms with van der Waals surface area (Å²) in [6.45, 7) is 0. The Morgan fingerprint density at radius 3 is 2.85 bits per heavy atom. The molecule has 0 aromatic carbocycles. The van der Waals surface area contributed by atoms with E-state index < -0.39 is 6.04 Å². The zero-order chi connectivity index (χ0) is 14.1. The number of rotatable bonds is 2. The van der Waals surface area contributed by atoms with E-state index in [1.54, 1.807) is 6.08 Å². The smallest absolute Gasteiger partial charge is 0.329 e. The molecule has 2 fully saturated rings. The summed E-state index contributed by atoms with van der Waals surface area (Å²) in [5.74, 6) is 1.23. The lowest BCUT2D eigenvalue weighted by Gasteiger charge is -2.35. The molecule has 3 aliphatic rings. The molecule has 1 saturated heterocycles. The second kappa shape index (κ2) is 5.68. The molecule has 0 bridgehead atoms. The molecule has 1 amide bonds. The molecule has 0 aromatic rings. The number of carbonyl (C=O) groups is 2. The topological polar surface area (TPSA) is 55.8 Å². The molecule has 5 nitrogen and oxygen atoms in total. The number of nitrogens with zero attached hydrogens (tertiary/aromatic N) is 1. The number of ether oxygens (including phenoxy) is 2. The molecule has 0 aromatic heterocycles. The first kappa shape index (κ1) is 13.8. The van der Waals surface area contributed by atoms with Crippen LogP contribution in [-0.2, 0) is 19.1 Å². The first-order chi connectivity index (χ1) is 9.70. The number of esters is 1. The minimum Gasteiger partial charge on any atom is -0.467 e. The summed E-state index contributed by atoms with van der Waals surface area (Å²) < 4.78 is 10.7. The summed E-state index contributed by atoms with van der Waals surface area (Å²) in [6, 6.07) is -0.522. The number of methoxy groups -OCH3 is 1. The maximum Gasteiger partial charge on any atom is 0.329 e. The van der Waals surface area contributed by atoms with Crippen LogP contribution < -0.4 is 0 Å². The second-order valence-corrected chi connectivity index (χ2v) is 6.49. The highest BCUT2D eigenvalue weighted by Crippen LogP contribution is 2.39. The SMILES string of the molecule is COC(=O)[C@@H]1CS[C@H]2OC(C3CCCCC3)=CC(=O)N21. The van der Waals surface area contributed by atoms with Crippen LogP contribution in [0.1, 0.15) is 32.1 Å². The van der Waals surface area contributed by atoms with Crippen molar-refractivity contribution in [3.8, 4) is 0 Å². The molecule has 0 N–H and O–H groups in total. The second-order valence-electron chi connectivity index (χ2n) is 5.42. The molecule has 20 heavy (non-hydrogen) atoms. The molecular formula is C14H19NO4S. The minimum absolute atomic E-state index is 0.123. The molecule has 0 spiro atoms. The lowest BCUT2D eigenvalue weighted by Crippen LogP contribution is -2.48. The first-order valence-corrected chi connectivity index (χ1v) is 8.15. The van der Waals surface area contributed by atoms with Crippen LogP contribution in [0, 0.1) is 5.92 Å². The Morgan fingerprint density at radius 2 is 2.15 bits per heavy atom. The van der Waals surface area contributed by atoms with E-state index in [1.165, 1.54) is 43.0 Å². The van der Waals surface area contributed by atoms with Gasteiger partial charge in [0.05, 0.1) is 7.11 Å². The van der Waals surface area contributed by atoms with E-state index in [4.69, 9.17) is 9.47 Å². The number of carbonyl (C=O) groups excluding carboxylic acids is 2. The van der Waals surface area contributed by atoms with Crippen molar-refractivity contribution in [3.63, 3.8) is 0 Å². The third-order valence-corrected chi connectivity index (χ3v) is 5.31. The highest BCUT2D eigenvalue weighted by molar-refractivity contribution is 8.00. The number of fused-ring (bicyclic) bond motifs is 1. The van der Waals surface area contributed by atoms with Gasteiger partial charge in [-0.25, -0.2) is 4.79 Å². The van der Waals surface area contributed by atoms with E-state index >= 15 is 0 Å². The van der Waals surface area contributed by atoms with Crippen LogP contribution in [0.2, 0.25) is 0 Å². The first-order valence-electron chi connectivity index (χ1n) is 7.10. The van der Waals surface area contributed by atoms with Gasteiger partial charge in [-0.2, -0.15) is 0 Å². The maximum absolute atomic E-state index is 12.3. The normalized spacial score (nSPS) is 30.6. The predicted molar refractivity (Wildman–Crippen MR) is 74.6 cm³/mol.